The van der Waals surface area contributed by atoms with Gasteiger partial charge in [0.25, 0.3) is 0 Å². The van der Waals surface area contributed by atoms with Crippen molar-refractivity contribution >= 4 is 16.9 Å². The minimum atomic E-state index is -0.149. The first-order valence-corrected chi connectivity index (χ1v) is 9.72. The Balaban J connectivity index is 1.42. The molecule has 0 spiro atoms. The molecule has 0 amide bonds. The molecule has 1 aromatic heterocycles. The van der Waals surface area contributed by atoms with Crippen molar-refractivity contribution in [3.05, 3.63) is 24.4 Å². The van der Waals surface area contributed by atoms with Crippen molar-refractivity contribution in [2.45, 2.75) is 56.7 Å². The Morgan fingerprint density at radius 1 is 1.23 bits per heavy atom. The van der Waals surface area contributed by atoms with E-state index in [0.29, 0.717) is 18.0 Å². The molecule has 1 aromatic carbocycles. The van der Waals surface area contributed by atoms with Crippen LogP contribution in [0.25, 0.3) is 10.9 Å². The number of aliphatic hydroxyl groups is 1. The summed E-state index contributed by atoms with van der Waals surface area (Å²) >= 11 is 0. The Morgan fingerprint density at radius 2 is 2.08 bits per heavy atom. The lowest BCUT2D eigenvalue weighted by atomic mass is 9.93. The Morgan fingerprint density at radius 3 is 2.85 bits per heavy atom. The Hall–Kier alpha value is -1.92. The average molecular weight is 356 g/mol. The van der Waals surface area contributed by atoms with Crippen LogP contribution in [0.2, 0.25) is 0 Å². The number of ether oxygens (including phenoxy) is 1. The molecule has 26 heavy (non-hydrogen) atoms. The maximum atomic E-state index is 9.63. The second-order valence-electron chi connectivity index (χ2n) is 7.65. The molecule has 0 radical (unpaired) electrons. The van der Waals surface area contributed by atoms with Crippen molar-refractivity contribution in [3.8, 4) is 5.75 Å². The van der Waals surface area contributed by atoms with E-state index >= 15 is 0 Å². The summed E-state index contributed by atoms with van der Waals surface area (Å²) in [5.74, 6) is 1.52. The van der Waals surface area contributed by atoms with E-state index in [1.807, 2.05) is 24.4 Å². The second-order valence-corrected chi connectivity index (χ2v) is 7.65. The molecule has 6 nitrogen and oxygen atoms in total. The minimum Gasteiger partial charge on any atom is -0.492 e. The number of nitrogens with zero attached hydrogens (tertiary/aromatic N) is 3. The average Bonchev–Trinajstić information content (AvgIpc) is 3.06. The van der Waals surface area contributed by atoms with Gasteiger partial charge in [-0.2, -0.15) is 0 Å². The predicted octanol–water partition coefficient (Wildman–Crippen LogP) is 2.82. The molecule has 2 heterocycles. The molecule has 2 aromatic rings. The highest BCUT2D eigenvalue weighted by atomic mass is 16.5. The minimum absolute atomic E-state index is 0.149. The van der Waals surface area contributed by atoms with Gasteiger partial charge in [-0.25, -0.2) is 9.97 Å². The van der Waals surface area contributed by atoms with Crippen molar-refractivity contribution in [1.82, 2.24) is 14.9 Å². The number of nitrogens with one attached hydrogen (secondary N) is 1. The first-order chi connectivity index (χ1) is 12.7. The van der Waals surface area contributed by atoms with Gasteiger partial charge in [-0.05, 0) is 64.3 Å². The number of aliphatic hydroxyl groups excluding tert-OH is 1. The third-order valence-corrected chi connectivity index (χ3v) is 5.70. The number of aromatic nitrogens is 2. The summed E-state index contributed by atoms with van der Waals surface area (Å²) in [4.78, 5) is 11.5. The summed E-state index contributed by atoms with van der Waals surface area (Å²) < 4.78 is 6.02. The van der Waals surface area contributed by atoms with Crippen molar-refractivity contribution in [3.63, 3.8) is 0 Å². The SMILES string of the molecule is CN1CCC[C@H]1COc1ccc2cnc(NC3CCC(O)CC3)nc2c1. The topological polar surface area (TPSA) is 70.5 Å². The highest BCUT2D eigenvalue weighted by Crippen LogP contribution is 2.24. The molecule has 0 bridgehead atoms. The van der Waals surface area contributed by atoms with Gasteiger partial charge in [0.05, 0.1) is 11.6 Å². The van der Waals surface area contributed by atoms with Gasteiger partial charge in [0.15, 0.2) is 0 Å². The van der Waals surface area contributed by atoms with Crippen molar-refractivity contribution in [2.75, 3.05) is 25.5 Å². The number of rotatable bonds is 5. The molecule has 4 rings (SSSR count). The molecule has 1 aliphatic heterocycles. The molecular weight excluding hydrogens is 328 g/mol. The van der Waals surface area contributed by atoms with Crippen LogP contribution in [0.15, 0.2) is 24.4 Å². The molecular formula is C20H28N4O2. The molecule has 2 aliphatic rings. The molecule has 1 atom stereocenters. The Kier molecular flexibility index (Phi) is 5.22. The number of fused-ring (bicyclic) bond motifs is 1. The molecule has 0 unspecified atom stereocenters. The highest BCUT2D eigenvalue weighted by Gasteiger charge is 2.21. The standard InChI is InChI=1S/C20H28N4O2/c1-24-10-2-3-16(24)13-26-18-9-4-14-12-21-20(23-19(14)11-18)22-15-5-7-17(25)8-6-15/h4,9,11-12,15-17,25H,2-3,5-8,10,13H2,1H3,(H,21,22,23)/t15?,16-,17?/m0/s1. The molecule has 2 fully saturated rings. The fourth-order valence-electron chi connectivity index (χ4n) is 3.95. The number of hydrogen-bond donors (Lipinski definition) is 2. The monoisotopic (exact) mass is 356 g/mol. The Labute approximate surface area is 154 Å². The predicted molar refractivity (Wildman–Crippen MR) is 103 cm³/mol. The van der Waals surface area contributed by atoms with Gasteiger partial charge in [-0.1, -0.05) is 0 Å². The van der Waals surface area contributed by atoms with E-state index < -0.39 is 0 Å². The summed E-state index contributed by atoms with van der Waals surface area (Å²) in [6.45, 7) is 1.88. The smallest absolute Gasteiger partial charge is 0.223 e. The van der Waals surface area contributed by atoms with E-state index in [1.165, 1.54) is 12.8 Å². The van der Waals surface area contributed by atoms with Gasteiger partial charge >= 0.3 is 0 Å². The van der Waals surface area contributed by atoms with Gasteiger partial charge in [-0.3, -0.25) is 0 Å². The van der Waals surface area contributed by atoms with Crippen LogP contribution in [0.3, 0.4) is 0 Å². The van der Waals surface area contributed by atoms with Gasteiger partial charge in [0.1, 0.15) is 12.4 Å². The first kappa shape index (κ1) is 17.5. The molecule has 1 saturated carbocycles. The van der Waals surface area contributed by atoms with Crippen LogP contribution in [-0.2, 0) is 0 Å². The van der Waals surface area contributed by atoms with E-state index in [0.717, 1.165) is 55.5 Å². The zero-order chi connectivity index (χ0) is 17.9. The molecule has 2 N–H and O–H groups in total. The van der Waals surface area contributed by atoms with Crippen LogP contribution in [0.4, 0.5) is 5.95 Å². The molecule has 1 saturated heterocycles. The summed E-state index contributed by atoms with van der Waals surface area (Å²) in [5, 5.41) is 14.1. The van der Waals surface area contributed by atoms with Crippen molar-refractivity contribution in [1.29, 1.82) is 0 Å². The normalized spacial score (nSPS) is 26.9. The van der Waals surface area contributed by atoms with Crippen molar-refractivity contribution in [2.24, 2.45) is 0 Å². The second kappa shape index (κ2) is 7.76. The third-order valence-electron chi connectivity index (χ3n) is 5.70. The van der Waals surface area contributed by atoms with Crippen molar-refractivity contribution < 1.29 is 9.84 Å². The van der Waals surface area contributed by atoms with Gasteiger partial charge < -0.3 is 20.1 Å². The van der Waals surface area contributed by atoms with Crippen LogP contribution < -0.4 is 10.1 Å². The lowest BCUT2D eigenvalue weighted by molar-refractivity contribution is 0.126. The van der Waals surface area contributed by atoms with Gasteiger partial charge in [0.2, 0.25) is 5.95 Å². The summed E-state index contributed by atoms with van der Waals surface area (Å²) in [5.41, 5.74) is 0.899. The summed E-state index contributed by atoms with van der Waals surface area (Å²) in [6.07, 6.45) is 7.78. The molecule has 6 heteroatoms. The van der Waals surface area contributed by atoms with E-state index in [1.54, 1.807) is 0 Å². The Bertz CT molecular complexity index is 746. The van der Waals surface area contributed by atoms with E-state index in [9.17, 15) is 5.11 Å². The highest BCUT2D eigenvalue weighted by molar-refractivity contribution is 5.80. The van der Waals surface area contributed by atoms with Crippen LogP contribution in [0, 0.1) is 0 Å². The van der Waals surface area contributed by atoms with Gasteiger partial charge in [-0.15, -0.1) is 0 Å². The summed E-state index contributed by atoms with van der Waals surface area (Å²) in [7, 11) is 2.16. The number of anilines is 1. The number of likely N-dealkylation sites (N-methyl/N-ethyl adjacent to an activating group) is 1. The number of likely N-dealkylation sites (tertiary alicyclic amines) is 1. The van der Waals surface area contributed by atoms with Crippen LogP contribution in [0.5, 0.6) is 5.75 Å². The lowest BCUT2D eigenvalue weighted by Crippen LogP contribution is -2.30. The zero-order valence-electron chi connectivity index (χ0n) is 15.4. The number of hydrogen-bond acceptors (Lipinski definition) is 6. The fourth-order valence-corrected chi connectivity index (χ4v) is 3.95. The first-order valence-electron chi connectivity index (χ1n) is 9.72. The molecule has 1 aliphatic carbocycles. The zero-order valence-corrected chi connectivity index (χ0v) is 15.4. The quantitative estimate of drug-likeness (QED) is 0.858. The van der Waals surface area contributed by atoms with Crippen LogP contribution in [0.1, 0.15) is 38.5 Å². The van der Waals surface area contributed by atoms with E-state index in [2.05, 4.69) is 27.2 Å². The van der Waals surface area contributed by atoms with E-state index in [-0.39, 0.29) is 6.10 Å². The maximum absolute atomic E-state index is 9.63. The summed E-state index contributed by atoms with van der Waals surface area (Å²) in [6, 6.07) is 6.87. The fraction of sp³-hybridized carbons (Fsp3) is 0.600. The maximum Gasteiger partial charge on any atom is 0.223 e. The van der Waals surface area contributed by atoms with E-state index in [4.69, 9.17) is 4.74 Å². The lowest BCUT2D eigenvalue weighted by Gasteiger charge is -2.26. The van der Waals surface area contributed by atoms with Gasteiger partial charge in [0, 0.05) is 29.7 Å². The number of benzene rings is 1. The third kappa shape index (κ3) is 4.07. The van der Waals surface area contributed by atoms with Crippen LogP contribution >= 0.6 is 0 Å². The largest absolute Gasteiger partial charge is 0.492 e. The van der Waals surface area contributed by atoms with Crippen LogP contribution in [-0.4, -0.2) is 58.4 Å². The molecule has 140 valence electrons.